The van der Waals surface area contributed by atoms with E-state index in [1.165, 1.54) is 17.4 Å². The van der Waals surface area contributed by atoms with Crippen LogP contribution in [0.25, 0.3) is 11.1 Å². The third kappa shape index (κ3) is 3.26. The Hall–Kier alpha value is -1.63. The molecule has 2 aromatic rings. The van der Waals surface area contributed by atoms with E-state index in [1.54, 1.807) is 25.6 Å². The minimum absolute atomic E-state index is 0.169. The van der Waals surface area contributed by atoms with Crippen molar-refractivity contribution in [2.75, 3.05) is 11.0 Å². The van der Waals surface area contributed by atoms with E-state index in [0.29, 0.717) is 5.92 Å². The summed E-state index contributed by atoms with van der Waals surface area (Å²) < 4.78 is 22.3. The van der Waals surface area contributed by atoms with Gasteiger partial charge in [-0.2, -0.15) is 0 Å². The topological polar surface area (TPSA) is 66.3 Å². The second kappa shape index (κ2) is 6.27. The number of hydrogen-bond donors (Lipinski definition) is 1. The standard InChI is InChI=1S/C18H19ClN2O3S/c1-21-9-12(6-15(19)18(21)22)14-8-13(20-25(2)23)5-11-7-16(10-3-4-10)24-17(11)14/h5-6,8-10,16,20H,3-4,7H2,1-2H3. The molecule has 0 bridgehead atoms. The van der Waals surface area contributed by atoms with Crippen LogP contribution in [0.5, 0.6) is 5.75 Å². The number of nitrogens with zero attached hydrogens (tertiary/aromatic N) is 1. The Morgan fingerprint density at radius 1 is 1.36 bits per heavy atom. The van der Waals surface area contributed by atoms with Gasteiger partial charge in [-0.1, -0.05) is 11.6 Å². The maximum absolute atomic E-state index is 11.9. The number of rotatable bonds is 4. The molecule has 1 aromatic carbocycles. The monoisotopic (exact) mass is 378 g/mol. The summed E-state index contributed by atoms with van der Waals surface area (Å²) in [6.07, 6.45) is 6.84. The van der Waals surface area contributed by atoms with Gasteiger partial charge in [-0.3, -0.25) is 4.79 Å². The van der Waals surface area contributed by atoms with Gasteiger partial charge in [-0.05, 0) is 37.0 Å². The molecule has 0 amide bonds. The van der Waals surface area contributed by atoms with Gasteiger partial charge in [0.05, 0.1) is 17.0 Å². The Labute approximate surface area is 154 Å². The minimum Gasteiger partial charge on any atom is -0.593 e. The van der Waals surface area contributed by atoms with Crippen LogP contribution in [-0.2, 0) is 24.8 Å². The SMILES string of the molecule is Cn1cc(-c2cc(N[S+](C)[O-])cc3c2OC(C2CC2)C3)cc(Cl)c1=O. The summed E-state index contributed by atoms with van der Waals surface area (Å²) in [7, 11) is 1.68. The van der Waals surface area contributed by atoms with E-state index in [0.717, 1.165) is 34.5 Å². The largest absolute Gasteiger partial charge is 0.593 e. The summed E-state index contributed by atoms with van der Waals surface area (Å²) in [5, 5.41) is 0.169. The quantitative estimate of drug-likeness (QED) is 0.830. The van der Waals surface area contributed by atoms with Crippen molar-refractivity contribution in [3.05, 3.63) is 45.3 Å². The van der Waals surface area contributed by atoms with Crippen LogP contribution in [-0.4, -0.2) is 21.5 Å². The van der Waals surface area contributed by atoms with E-state index in [4.69, 9.17) is 16.3 Å². The zero-order chi connectivity index (χ0) is 17.7. The van der Waals surface area contributed by atoms with Crippen LogP contribution in [0.3, 0.4) is 0 Å². The molecule has 1 aliphatic heterocycles. The molecule has 132 valence electrons. The fourth-order valence-corrected chi connectivity index (χ4v) is 4.08. The first-order valence-corrected chi connectivity index (χ1v) is 10.2. The zero-order valence-electron chi connectivity index (χ0n) is 14.0. The van der Waals surface area contributed by atoms with Gasteiger partial charge < -0.3 is 13.9 Å². The van der Waals surface area contributed by atoms with Crippen LogP contribution in [0.4, 0.5) is 5.69 Å². The minimum atomic E-state index is -1.17. The van der Waals surface area contributed by atoms with Gasteiger partial charge in [0.25, 0.3) is 5.56 Å². The maximum Gasteiger partial charge on any atom is 0.269 e. The Kier molecular flexibility index (Phi) is 4.22. The maximum atomic E-state index is 11.9. The summed E-state index contributed by atoms with van der Waals surface area (Å²) >= 11 is 4.93. The first-order valence-electron chi connectivity index (χ1n) is 8.22. The van der Waals surface area contributed by atoms with E-state index in [9.17, 15) is 9.35 Å². The zero-order valence-corrected chi connectivity index (χ0v) is 15.6. The number of pyridine rings is 1. The Bertz CT molecular complexity index is 866. The van der Waals surface area contributed by atoms with E-state index in [-0.39, 0.29) is 16.7 Å². The van der Waals surface area contributed by atoms with Crippen LogP contribution in [0, 0.1) is 5.92 Å². The highest BCUT2D eigenvalue weighted by Gasteiger charge is 2.38. The third-order valence-electron chi connectivity index (χ3n) is 4.72. The average molecular weight is 379 g/mol. The van der Waals surface area contributed by atoms with E-state index >= 15 is 0 Å². The number of halogens is 1. The summed E-state index contributed by atoms with van der Waals surface area (Å²) in [4.78, 5) is 11.9. The summed E-state index contributed by atoms with van der Waals surface area (Å²) in [6, 6.07) is 5.58. The highest BCUT2D eigenvalue weighted by molar-refractivity contribution is 7.92. The number of fused-ring (bicyclic) bond motifs is 1. The number of anilines is 1. The molecule has 2 heterocycles. The average Bonchev–Trinajstić information content (AvgIpc) is 3.30. The van der Waals surface area contributed by atoms with Crippen molar-refractivity contribution >= 4 is 28.7 Å². The summed E-state index contributed by atoms with van der Waals surface area (Å²) in [5.41, 5.74) is 3.33. The molecule has 7 heteroatoms. The molecule has 0 radical (unpaired) electrons. The highest BCUT2D eigenvalue weighted by Crippen LogP contribution is 2.46. The van der Waals surface area contributed by atoms with Gasteiger partial charge in [0.1, 0.15) is 23.1 Å². The second-order valence-corrected chi connectivity index (χ2v) is 8.28. The molecule has 1 aliphatic carbocycles. The normalized spacial score (nSPS) is 20.1. The second-order valence-electron chi connectivity index (χ2n) is 6.76. The lowest BCUT2D eigenvalue weighted by Gasteiger charge is -2.15. The van der Waals surface area contributed by atoms with Gasteiger partial charge in [0.15, 0.2) is 0 Å². The van der Waals surface area contributed by atoms with Crippen LogP contribution < -0.4 is 15.0 Å². The predicted molar refractivity (Wildman–Crippen MR) is 101 cm³/mol. The molecular formula is C18H19ClN2O3S. The van der Waals surface area contributed by atoms with Crippen LogP contribution in [0.1, 0.15) is 18.4 Å². The van der Waals surface area contributed by atoms with Crippen LogP contribution >= 0.6 is 11.6 Å². The smallest absolute Gasteiger partial charge is 0.269 e. The molecule has 1 N–H and O–H groups in total. The fourth-order valence-electron chi connectivity index (χ4n) is 3.38. The number of hydrogen-bond acceptors (Lipinski definition) is 4. The van der Waals surface area contributed by atoms with Gasteiger partial charge in [-0.15, -0.1) is 0 Å². The number of nitrogens with one attached hydrogen (secondary N) is 1. The van der Waals surface area contributed by atoms with Gasteiger partial charge >= 0.3 is 0 Å². The molecule has 4 rings (SSSR count). The van der Waals surface area contributed by atoms with Crippen molar-refractivity contribution in [3.8, 4) is 16.9 Å². The number of ether oxygens (including phenoxy) is 1. The molecule has 2 unspecified atom stereocenters. The molecule has 1 fully saturated rings. The van der Waals surface area contributed by atoms with Gasteiger partial charge in [0.2, 0.25) is 0 Å². The predicted octanol–water partition coefficient (Wildman–Crippen LogP) is 3.12. The van der Waals surface area contributed by atoms with Crippen LogP contribution in [0.15, 0.2) is 29.2 Å². The first kappa shape index (κ1) is 16.8. The fraction of sp³-hybridized carbons (Fsp3) is 0.389. The Morgan fingerprint density at radius 3 is 2.76 bits per heavy atom. The summed E-state index contributed by atoms with van der Waals surface area (Å²) in [5.74, 6) is 1.47. The summed E-state index contributed by atoms with van der Waals surface area (Å²) in [6.45, 7) is 0. The van der Waals surface area contributed by atoms with Crippen molar-refractivity contribution in [1.29, 1.82) is 0 Å². The molecular weight excluding hydrogens is 360 g/mol. The lowest BCUT2D eigenvalue weighted by atomic mass is 10.00. The van der Waals surface area contributed by atoms with E-state index in [2.05, 4.69) is 4.72 Å². The molecule has 0 saturated heterocycles. The number of benzene rings is 1. The van der Waals surface area contributed by atoms with Crippen molar-refractivity contribution in [3.63, 3.8) is 0 Å². The van der Waals surface area contributed by atoms with Gasteiger partial charge in [0, 0.05) is 36.4 Å². The van der Waals surface area contributed by atoms with E-state index < -0.39 is 11.4 Å². The number of aromatic nitrogens is 1. The highest BCUT2D eigenvalue weighted by atomic mass is 35.5. The van der Waals surface area contributed by atoms with Crippen molar-refractivity contribution in [2.24, 2.45) is 13.0 Å². The molecule has 1 aromatic heterocycles. The molecule has 1 saturated carbocycles. The lowest BCUT2D eigenvalue weighted by Crippen LogP contribution is -2.16. The van der Waals surface area contributed by atoms with Crippen LogP contribution in [0.2, 0.25) is 5.02 Å². The molecule has 5 nitrogen and oxygen atoms in total. The lowest BCUT2D eigenvalue weighted by molar-refractivity contribution is 0.208. The van der Waals surface area contributed by atoms with E-state index in [1.807, 2.05) is 12.1 Å². The van der Waals surface area contributed by atoms with Crippen molar-refractivity contribution in [2.45, 2.75) is 25.4 Å². The Morgan fingerprint density at radius 2 is 2.12 bits per heavy atom. The van der Waals surface area contributed by atoms with Crippen molar-refractivity contribution < 1.29 is 9.29 Å². The molecule has 2 aliphatic rings. The molecule has 2 atom stereocenters. The third-order valence-corrected chi connectivity index (χ3v) is 5.51. The first-order chi connectivity index (χ1) is 11.9. The Balaban J connectivity index is 1.83. The number of aryl methyl sites for hydroxylation is 1. The molecule has 0 spiro atoms. The molecule has 25 heavy (non-hydrogen) atoms. The van der Waals surface area contributed by atoms with Crippen molar-refractivity contribution in [1.82, 2.24) is 4.57 Å². The van der Waals surface area contributed by atoms with Gasteiger partial charge in [-0.25, -0.2) is 4.72 Å².